The van der Waals surface area contributed by atoms with Crippen molar-refractivity contribution in [2.45, 2.75) is 13.0 Å². The van der Waals surface area contributed by atoms with Crippen molar-refractivity contribution in [3.05, 3.63) is 76.1 Å². The van der Waals surface area contributed by atoms with Gasteiger partial charge < -0.3 is 19.7 Å². The van der Waals surface area contributed by atoms with E-state index in [1.807, 2.05) is 18.2 Å². The number of aromatic amines is 1. The van der Waals surface area contributed by atoms with E-state index in [1.165, 1.54) is 0 Å². The van der Waals surface area contributed by atoms with Gasteiger partial charge >= 0.3 is 5.97 Å². The number of H-pyrrole nitrogens is 1. The Morgan fingerprint density at radius 2 is 2.00 bits per heavy atom. The zero-order valence-electron chi connectivity index (χ0n) is 17.9. The highest BCUT2D eigenvalue weighted by Crippen LogP contribution is 2.26. The molecule has 168 valence electrons. The molecule has 1 fully saturated rings. The van der Waals surface area contributed by atoms with Crippen LogP contribution in [0.5, 0.6) is 0 Å². The molecule has 2 aromatic heterocycles. The van der Waals surface area contributed by atoms with Crippen molar-refractivity contribution < 1.29 is 14.6 Å². The van der Waals surface area contributed by atoms with Gasteiger partial charge in [0.05, 0.1) is 30.4 Å². The fraction of sp³-hybridized carbons (Fsp3) is 0.250. The summed E-state index contributed by atoms with van der Waals surface area (Å²) in [6.07, 6.45) is 2.70. The van der Waals surface area contributed by atoms with Crippen LogP contribution >= 0.6 is 0 Å². The van der Waals surface area contributed by atoms with Crippen LogP contribution < -0.4 is 10.3 Å². The van der Waals surface area contributed by atoms with E-state index in [9.17, 15) is 14.7 Å². The van der Waals surface area contributed by atoms with Gasteiger partial charge in [0.25, 0.3) is 0 Å². The van der Waals surface area contributed by atoms with Crippen LogP contribution in [0.15, 0.2) is 59.5 Å². The van der Waals surface area contributed by atoms with E-state index < -0.39 is 5.97 Å². The van der Waals surface area contributed by atoms with Gasteiger partial charge in [0.1, 0.15) is 11.5 Å². The molecule has 0 atom stereocenters. The third kappa shape index (κ3) is 4.35. The first-order chi connectivity index (χ1) is 16.1. The minimum atomic E-state index is -0.970. The highest BCUT2D eigenvalue weighted by Gasteiger charge is 2.16. The average molecular weight is 445 g/mol. The Morgan fingerprint density at radius 1 is 1.12 bits per heavy atom. The Balaban J connectivity index is 1.50. The zero-order chi connectivity index (χ0) is 22.8. The van der Waals surface area contributed by atoms with Crippen molar-refractivity contribution in [1.29, 1.82) is 0 Å². The monoisotopic (exact) mass is 445 g/mol. The van der Waals surface area contributed by atoms with E-state index >= 15 is 0 Å². The number of nitrogens with zero attached hydrogens (tertiary/aromatic N) is 4. The summed E-state index contributed by atoms with van der Waals surface area (Å²) in [6, 6.07) is 13.9. The molecule has 1 aliphatic heterocycles. The third-order valence-electron chi connectivity index (χ3n) is 5.75. The lowest BCUT2D eigenvalue weighted by Gasteiger charge is -2.22. The molecule has 33 heavy (non-hydrogen) atoms. The molecule has 0 bridgehead atoms. The maximum absolute atomic E-state index is 12.9. The molecule has 0 saturated carbocycles. The molecule has 2 N–H and O–H groups in total. The predicted octanol–water partition coefficient (Wildman–Crippen LogP) is 2.76. The highest BCUT2D eigenvalue weighted by atomic mass is 16.5. The molecule has 5 rings (SSSR count). The van der Waals surface area contributed by atoms with Gasteiger partial charge in [-0.15, -0.1) is 5.10 Å². The van der Waals surface area contributed by atoms with Crippen molar-refractivity contribution in [1.82, 2.24) is 20.0 Å². The lowest BCUT2D eigenvalue weighted by atomic mass is 10.1. The summed E-state index contributed by atoms with van der Waals surface area (Å²) in [6.45, 7) is 3.26. The number of benzene rings is 2. The van der Waals surface area contributed by atoms with Crippen molar-refractivity contribution in [2.75, 3.05) is 31.2 Å². The quantitative estimate of drug-likeness (QED) is 0.486. The molecule has 1 saturated heterocycles. The predicted molar refractivity (Wildman–Crippen MR) is 124 cm³/mol. The number of ether oxygens (including phenoxy) is 1. The highest BCUT2D eigenvalue weighted by molar-refractivity contribution is 5.93. The lowest BCUT2D eigenvalue weighted by molar-refractivity contribution is 0.0696. The number of carboxylic acid groups (broad SMARTS) is 1. The number of pyridine rings is 1. The van der Waals surface area contributed by atoms with Crippen molar-refractivity contribution >= 4 is 22.7 Å². The first kappa shape index (κ1) is 20.9. The Hall–Kier alpha value is -3.98. The van der Waals surface area contributed by atoms with E-state index in [4.69, 9.17) is 4.74 Å². The Morgan fingerprint density at radius 3 is 2.88 bits per heavy atom. The van der Waals surface area contributed by atoms with Gasteiger partial charge in [0, 0.05) is 36.7 Å². The van der Waals surface area contributed by atoms with Crippen LogP contribution in [-0.2, 0) is 11.3 Å². The normalized spacial score (nSPS) is 14.4. The summed E-state index contributed by atoms with van der Waals surface area (Å²) >= 11 is 0. The molecule has 0 radical (unpaired) electrons. The van der Waals surface area contributed by atoms with Crippen molar-refractivity contribution in [2.24, 2.45) is 0 Å². The second-order valence-electron chi connectivity index (χ2n) is 8.01. The van der Waals surface area contributed by atoms with Gasteiger partial charge in [-0.2, -0.15) is 0 Å². The smallest absolute Gasteiger partial charge is 0.335 e. The number of fused-ring (bicyclic) bond motifs is 1. The van der Waals surface area contributed by atoms with Crippen LogP contribution in [0, 0.1) is 0 Å². The summed E-state index contributed by atoms with van der Waals surface area (Å²) in [5.74, 6) is -0.203. The number of hydrogen-bond acceptors (Lipinski definition) is 6. The SMILES string of the molecule is O=C(O)c1cccc(Cn2cc(-c3cccc4c(=O)cc(N5CCCOCC5)[nH]c34)nn2)c1. The molecule has 9 nitrogen and oxygen atoms in total. The summed E-state index contributed by atoms with van der Waals surface area (Å²) in [5, 5.41) is 18.3. The van der Waals surface area contributed by atoms with Gasteiger partial charge in [-0.25, -0.2) is 9.48 Å². The Kier molecular flexibility index (Phi) is 5.62. The summed E-state index contributed by atoms with van der Waals surface area (Å²) in [4.78, 5) is 29.7. The Labute approximate surface area is 189 Å². The maximum Gasteiger partial charge on any atom is 0.335 e. The zero-order valence-corrected chi connectivity index (χ0v) is 17.9. The number of para-hydroxylation sites is 1. The lowest BCUT2D eigenvalue weighted by Crippen LogP contribution is -2.28. The fourth-order valence-electron chi connectivity index (χ4n) is 4.12. The number of anilines is 1. The molecule has 9 heteroatoms. The van der Waals surface area contributed by atoms with Gasteiger partial charge in [-0.05, 0) is 30.2 Å². The van der Waals surface area contributed by atoms with Crippen LogP contribution in [0.2, 0.25) is 0 Å². The fourth-order valence-corrected chi connectivity index (χ4v) is 4.12. The number of aromatic carboxylic acids is 1. The third-order valence-corrected chi connectivity index (χ3v) is 5.75. The minimum Gasteiger partial charge on any atom is -0.478 e. The van der Waals surface area contributed by atoms with Crippen LogP contribution in [0.3, 0.4) is 0 Å². The van der Waals surface area contributed by atoms with Crippen molar-refractivity contribution in [3.8, 4) is 11.3 Å². The number of nitrogens with one attached hydrogen (secondary N) is 1. The maximum atomic E-state index is 12.9. The Bertz CT molecular complexity index is 1370. The molecule has 1 aliphatic rings. The van der Waals surface area contributed by atoms with Gasteiger partial charge in [-0.1, -0.05) is 29.5 Å². The van der Waals surface area contributed by atoms with Gasteiger partial charge in [0.15, 0.2) is 5.43 Å². The summed E-state index contributed by atoms with van der Waals surface area (Å²) in [5.41, 5.74) is 3.10. The van der Waals surface area contributed by atoms with Crippen LogP contribution in [0.25, 0.3) is 22.2 Å². The molecule has 0 amide bonds. The molecular formula is C24H23N5O4. The number of hydrogen-bond donors (Lipinski definition) is 2. The van der Waals surface area contributed by atoms with Gasteiger partial charge in [-0.3, -0.25) is 4.79 Å². The molecule has 4 aromatic rings. The first-order valence-electron chi connectivity index (χ1n) is 10.8. The second-order valence-corrected chi connectivity index (χ2v) is 8.01. The van der Waals surface area contributed by atoms with Crippen LogP contribution in [-0.4, -0.2) is 57.4 Å². The largest absolute Gasteiger partial charge is 0.478 e. The minimum absolute atomic E-state index is 0.0522. The molecule has 3 heterocycles. The topological polar surface area (TPSA) is 113 Å². The summed E-state index contributed by atoms with van der Waals surface area (Å²) < 4.78 is 7.20. The van der Waals surface area contributed by atoms with E-state index in [0.717, 1.165) is 43.1 Å². The number of carbonyl (C=O) groups is 1. The molecule has 0 spiro atoms. The molecule has 0 unspecified atom stereocenters. The number of aromatic nitrogens is 4. The summed E-state index contributed by atoms with van der Waals surface area (Å²) in [7, 11) is 0. The second kappa shape index (κ2) is 8.87. The van der Waals surface area contributed by atoms with Crippen LogP contribution in [0.1, 0.15) is 22.3 Å². The van der Waals surface area contributed by atoms with Crippen LogP contribution in [0.4, 0.5) is 5.82 Å². The molecule has 0 aliphatic carbocycles. The van der Waals surface area contributed by atoms with Gasteiger partial charge in [0.2, 0.25) is 0 Å². The van der Waals surface area contributed by atoms with E-state index in [-0.39, 0.29) is 11.0 Å². The van der Waals surface area contributed by atoms with E-state index in [2.05, 4.69) is 20.2 Å². The number of carboxylic acids is 1. The molecule has 2 aromatic carbocycles. The standard InChI is InChI=1S/C24H23N5O4/c30-21-13-22(28-8-3-10-33-11-9-28)25-23-18(6-2-7-19(21)23)20-15-29(27-26-20)14-16-4-1-5-17(12-16)24(31)32/h1-2,4-7,12-13,15H,3,8-11,14H2,(H,25,30)(H,31,32). The first-order valence-corrected chi connectivity index (χ1v) is 10.8. The number of rotatable bonds is 5. The van der Waals surface area contributed by atoms with E-state index in [0.29, 0.717) is 29.7 Å². The van der Waals surface area contributed by atoms with E-state index in [1.54, 1.807) is 41.2 Å². The van der Waals surface area contributed by atoms with Crippen molar-refractivity contribution in [3.63, 3.8) is 0 Å². The molecular weight excluding hydrogens is 422 g/mol. The average Bonchev–Trinajstić information content (AvgIpc) is 3.10.